The van der Waals surface area contributed by atoms with Crippen molar-refractivity contribution >= 4 is 45.8 Å². The van der Waals surface area contributed by atoms with Gasteiger partial charge in [0.1, 0.15) is 0 Å². The first-order valence-electron chi connectivity index (χ1n) is 4.44. The molecule has 1 aromatic carbocycles. The second-order valence-electron chi connectivity index (χ2n) is 2.96. The molecular formula is C10H12Cl2IN. The van der Waals surface area contributed by atoms with E-state index in [2.05, 4.69) is 27.9 Å². The molecule has 0 spiro atoms. The van der Waals surface area contributed by atoms with Crippen molar-refractivity contribution in [3.05, 3.63) is 33.8 Å². The van der Waals surface area contributed by atoms with E-state index < -0.39 is 0 Å². The van der Waals surface area contributed by atoms with E-state index in [1.54, 1.807) is 6.07 Å². The topological polar surface area (TPSA) is 12.0 Å². The summed E-state index contributed by atoms with van der Waals surface area (Å²) in [5, 5.41) is 4.83. The fourth-order valence-corrected chi connectivity index (χ4v) is 1.85. The minimum absolute atomic E-state index is 0.736. The highest BCUT2D eigenvalue weighted by molar-refractivity contribution is 14.1. The summed E-state index contributed by atoms with van der Waals surface area (Å²) >= 11 is 14.2. The summed E-state index contributed by atoms with van der Waals surface area (Å²) in [6.07, 6.45) is 1.18. The quantitative estimate of drug-likeness (QED) is 0.485. The Balaban J connectivity index is 2.45. The third-order valence-electron chi connectivity index (χ3n) is 1.81. The summed E-state index contributed by atoms with van der Waals surface area (Å²) in [4.78, 5) is 0. The Morgan fingerprint density at radius 2 is 2.07 bits per heavy atom. The Labute approximate surface area is 108 Å². The van der Waals surface area contributed by atoms with E-state index >= 15 is 0 Å². The zero-order valence-corrected chi connectivity index (χ0v) is 11.4. The number of halogens is 3. The Hall–Kier alpha value is 0.490. The third-order valence-corrected chi connectivity index (χ3v) is 3.18. The maximum absolute atomic E-state index is 6.01. The van der Waals surface area contributed by atoms with Gasteiger partial charge in [-0.1, -0.05) is 45.8 Å². The summed E-state index contributed by atoms with van der Waals surface area (Å²) < 4.78 is 1.17. The third kappa shape index (κ3) is 4.34. The molecule has 0 aliphatic carbocycles. The lowest BCUT2D eigenvalue weighted by Crippen LogP contribution is -2.15. The van der Waals surface area contributed by atoms with Crippen LogP contribution in [0.2, 0.25) is 10.0 Å². The fraction of sp³-hybridized carbons (Fsp3) is 0.400. The molecule has 0 aromatic heterocycles. The van der Waals surface area contributed by atoms with Crippen LogP contribution < -0.4 is 5.32 Å². The van der Waals surface area contributed by atoms with Crippen LogP contribution in [0.1, 0.15) is 12.0 Å². The van der Waals surface area contributed by atoms with Crippen molar-refractivity contribution in [3.63, 3.8) is 0 Å². The first kappa shape index (κ1) is 12.6. The van der Waals surface area contributed by atoms with Crippen molar-refractivity contribution in [3.8, 4) is 0 Å². The molecule has 1 nitrogen and oxygen atoms in total. The molecule has 0 amide bonds. The SMILES string of the molecule is Clc1ccc(Cl)c(CNCCCI)c1. The maximum Gasteiger partial charge on any atom is 0.0451 e. The molecule has 0 heterocycles. The van der Waals surface area contributed by atoms with Crippen LogP contribution in [0.3, 0.4) is 0 Å². The number of benzene rings is 1. The zero-order chi connectivity index (χ0) is 10.4. The van der Waals surface area contributed by atoms with Gasteiger partial charge in [0.15, 0.2) is 0 Å². The van der Waals surface area contributed by atoms with Crippen LogP contribution >= 0.6 is 45.8 Å². The summed E-state index contributed by atoms with van der Waals surface area (Å²) in [5.41, 5.74) is 1.06. The predicted molar refractivity (Wildman–Crippen MR) is 71.7 cm³/mol. The summed E-state index contributed by atoms with van der Waals surface area (Å²) in [7, 11) is 0. The van der Waals surface area contributed by atoms with E-state index in [0.717, 1.165) is 28.7 Å². The maximum atomic E-state index is 6.01. The molecule has 0 aliphatic rings. The monoisotopic (exact) mass is 343 g/mol. The minimum atomic E-state index is 0.736. The van der Waals surface area contributed by atoms with Gasteiger partial charge in [-0.3, -0.25) is 0 Å². The van der Waals surface area contributed by atoms with Crippen LogP contribution in [-0.2, 0) is 6.54 Å². The molecule has 0 saturated carbocycles. The standard InChI is InChI=1S/C10H12Cl2IN/c11-9-2-3-10(12)8(6-9)7-14-5-1-4-13/h2-3,6,14H,1,4-5,7H2. The molecule has 0 bridgehead atoms. The molecular weight excluding hydrogens is 332 g/mol. The first-order chi connectivity index (χ1) is 6.74. The normalized spacial score (nSPS) is 10.5. The molecule has 0 radical (unpaired) electrons. The average Bonchev–Trinajstić information content (AvgIpc) is 2.18. The van der Waals surface area contributed by atoms with Gasteiger partial charge >= 0.3 is 0 Å². The molecule has 0 unspecified atom stereocenters. The average molecular weight is 344 g/mol. The lowest BCUT2D eigenvalue weighted by molar-refractivity contribution is 0.682. The van der Waals surface area contributed by atoms with Crippen LogP contribution in [-0.4, -0.2) is 11.0 Å². The van der Waals surface area contributed by atoms with Crippen molar-refractivity contribution in [2.24, 2.45) is 0 Å². The zero-order valence-electron chi connectivity index (χ0n) is 7.69. The van der Waals surface area contributed by atoms with Gasteiger partial charge < -0.3 is 5.32 Å². The molecule has 0 saturated heterocycles. The number of nitrogens with one attached hydrogen (secondary N) is 1. The van der Waals surface area contributed by atoms with Crippen LogP contribution in [0.4, 0.5) is 0 Å². The summed E-state index contributed by atoms with van der Waals surface area (Å²) in [6, 6.07) is 5.54. The van der Waals surface area contributed by atoms with Crippen molar-refractivity contribution in [2.45, 2.75) is 13.0 Å². The largest absolute Gasteiger partial charge is 0.313 e. The lowest BCUT2D eigenvalue weighted by Gasteiger charge is -2.06. The number of hydrogen-bond acceptors (Lipinski definition) is 1. The van der Waals surface area contributed by atoms with Gasteiger partial charge in [-0.2, -0.15) is 0 Å². The Bertz CT molecular complexity index is 291. The molecule has 0 fully saturated rings. The van der Waals surface area contributed by atoms with Gasteiger partial charge in [0.05, 0.1) is 0 Å². The van der Waals surface area contributed by atoms with Crippen LogP contribution in [0.25, 0.3) is 0 Å². The van der Waals surface area contributed by atoms with Crippen LogP contribution in [0, 0.1) is 0 Å². The van der Waals surface area contributed by atoms with Crippen molar-refractivity contribution < 1.29 is 0 Å². The highest BCUT2D eigenvalue weighted by Crippen LogP contribution is 2.20. The van der Waals surface area contributed by atoms with Gasteiger partial charge in [0.25, 0.3) is 0 Å². The van der Waals surface area contributed by atoms with E-state index in [0.29, 0.717) is 0 Å². The van der Waals surface area contributed by atoms with E-state index in [9.17, 15) is 0 Å². The van der Waals surface area contributed by atoms with Gasteiger partial charge in [-0.05, 0) is 36.7 Å². The molecule has 14 heavy (non-hydrogen) atoms. The van der Waals surface area contributed by atoms with Crippen molar-refractivity contribution in [2.75, 3.05) is 11.0 Å². The molecule has 1 rings (SSSR count). The molecule has 1 N–H and O–H groups in total. The first-order valence-corrected chi connectivity index (χ1v) is 6.73. The molecule has 78 valence electrons. The summed E-state index contributed by atoms with van der Waals surface area (Å²) in [5.74, 6) is 0. The number of hydrogen-bond donors (Lipinski definition) is 1. The molecule has 0 atom stereocenters. The van der Waals surface area contributed by atoms with Crippen LogP contribution in [0.15, 0.2) is 18.2 Å². The predicted octanol–water partition coefficient (Wildman–Crippen LogP) is 3.91. The number of rotatable bonds is 5. The van der Waals surface area contributed by atoms with Gasteiger partial charge in [0.2, 0.25) is 0 Å². The fourth-order valence-electron chi connectivity index (χ4n) is 1.09. The van der Waals surface area contributed by atoms with E-state index in [-0.39, 0.29) is 0 Å². The van der Waals surface area contributed by atoms with Crippen LogP contribution in [0.5, 0.6) is 0 Å². The van der Waals surface area contributed by atoms with Gasteiger partial charge in [-0.25, -0.2) is 0 Å². The summed E-state index contributed by atoms with van der Waals surface area (Å²) in [6.45, 7) is 1.81. The molecule has 1 aromatic rings. The molecule has 0 aliphatic heterocycles. The number of alkyl halides is 1. The Kier molecular flexibility index (Phi) is 6.17. The van der Waals surface area contributed by atoms with E-state index in [4.69, 9.17) is 23.2 Å². The van der Waals surface area contributed by atoms with E-state index in [1.807, 2.05) is 12.1 Å². The van der Waals surface area contributed by atoms with Gasteiger partial charge in [0, 0.05) is 21.0 Å². The second-order valence-corrected chi connectivity index (χ2v) is 4.88. The van der Waals surface area contributed by atoms with E-state index in [1.165, 1.54) is 10.8 Å². The highest BCUT2D eigenvalue weighted by atomic mass is 127. The minimum Gasteiger partial charge on any atom is -0.313 e. The Morgan fingerprint density at radius 3 is 2.79 bits per heavy atom. The van der Waals surface area contributed by atoms with Crippen molar-refractivity contribution in [1.29, 1.82) is 0 Å². The molecule has 4 heteroatoms. The lowest BCUT2D eigenvalue weighted by atomic mass is 10.2. The van der Waals surface area contributed by atoms with Gasteiger partial charge in [-0.15, -0.1) is 0 Å². The second kappa shape index (κ2) is 6.88. The Morgan fingerprint density at radius 1 is 1.29 bits per heavy atom. The highest BCUT2D eigenvalue weighted by Gasteiger charge is 2.00. The van der Waals surface area contributed by atoms with Crippen molar-refractivity contribution in [1.82, 2.24) is 5.32 Å². The smallest absolute Gasteiger partial charge is 0.0451 e.